The van der Waals surface area contributed by atoms with Crippen LogP contribution in [0.2, 0.25) is 0 Å². The molecule has 202 valence electrons. The third-order valence-corrected chi connectivity index (χ3v) is 11.7. The van der Waals surface area contributed by atoms with Gasteiger partial charge in [0.05, 0.1) is 24.1 Å². The van der Waals surface area contributed by atoms with Crippen molar-refractivity contribution in [2.45, 2.75) is 96.9 Å². The van der Waals surface area contributed by atoms with E-state index in [9.17, 15) is 28.5 Å². The number of aliphatic hydroxyl groups excluding tert-OH is 3. The van der Waals surface area contributed by atoms with Crippen LogP contribution in [0.15, 0.2) is 0 Å². The van der Waals surface area contributed by atoms with Crippen LogP contribution >= 0.6 is 0 Å². The summed E-state index contributed by atoms with van der Waals surface area (Å²) in [4.78, 5) is 12.2. The van der Waals surface area contributed by atoms with E-state index >= 15 is 0 Å². The zero-order valence-corrected chi connectivity index (χ0v) is 22.2. The minimum Gasteiger partial charge on any atom is -0.393 e. The minimum atomic E-state index is -4.10. The van der Waals surface area contributed by atoms with Crippen LogP contribution in [0.4, 0.5) is 0 Å². The van der Waals surface area contributed by atoms with Gasteiger partial charge in [-0.1, -0.05) is 20.8 Å². The smallest absolute Gasteiger partial charge is 0.266 e. The monoisotopic (exact) mass is 515 g/mol. The summed E-state index contributed by atoms with van der Waals surface area (Å²) in [5.41, 5.74) is -0.254. The molecule has 0 spiro atoms. The number of fused-ring (bicyclic) bond motifs is 5. The number of aliphatic hydroxyl groups is 3. The van der Waals surface area contributed by atoms with Crippen molar-refractivity contribution in [3.63, 3.8) is 0 Å². The van der Waals surface area contributed by atoms with Gasteiger partial charge in [0.1, 0.15) is 0 Å². The fourth-order valence-corrected chi connectivity index (χ4v) is 9.46. The number of hydrogen-bond donors (Lipinski definition) is 5. The van der Waals surface area contributed by atoms with Gasteiger partial charge in [0.2, 0.25) is 5.91 Å². The van der Waals surface area contributed by atoms with Gasteiger partial charge in [-0.05, 0) is 97.7 Å². The molecule has 1 amide bonds. The van der Waals surface area contributed by atoms with Gasteiger partial charge >= 0.3 is 0 Å². The average Bonchev–Trinajstić information content (AvgIpc) is 3.12. The molecule has 0 aromatic rings. The van der Waals surface area contributed by atoms with Crippen LogP contribution in [0.5, 0.6) is 0 Å². The Morgan fingerprint density at radius 1 is 1.06 bits per heavy atom. The molecule has 5 N–H and O–H groups in total. The van der Waals surface area contributed by atoms with Gasteiger partial charge in [0, 0.05) is 13.0 Å². The molecule has 35 heavy (non-hydrogen) atoms. The van der Waals surface area contributed by atoms with E-state index in [1.807, 2.05) is 0 Å². The molecule has 0 aliphatic heterocycles. The van der Waals surface area contributed by atoms with E-state index in [1.54, 1.807) is 0 Å². The molecular formula is C26H45NO7S. The molecule has 0 saturated heterocycles. The van der Waals surface area contributed by atoms with Crippen LogP contribution in [-0.4, -0.2) is 64.8 Å². The standard InChI is InChI=1S/C26H45NO7S/c1-15(4-7-23(31)27-10-11-35(32,33)34)18-5-6-19-24-20(14-22(30)26(18,19)3)25(2)9-8-17(28)12-16(25)13-21(24)29/h15-22,24,28-30H,4-14H2,1-3H3,(H,27,31)(H,32,33,34)/t15-,16+,17-,18-,19+,20+,21+,22+,24+,25-,26-/m0/s1. The molecule has 0 heterocycles. The SMILES string of the molecule is C[C@@H](CCC(=O)NCCS(=O)(=O)O)[C@@H]1CC[C@@H]2[C@H]3[C@H](O)C[C@H]4C[C@@H](O)CC[C@]4(C)[C@@H]3C[C@@H](O)[C@]21C. The van der Waals surface area contributed by atoms with Gasteiger partial charge in [-0.2, -0.15) is 8.42 Å². The second-order valence-corrected chi connectivity index (χ2v) is 14.2. The normalized spacial score (nSPS) is 46.3. The van der Waals surface area contributed by atoms with Crippen molar-refractivity contribution in [1.29, 1.82) is 0 Å². The van der Waals surface area contributed by atoms with Crippen LogP contribution < -0.4 is 5.32 Å². The van der Waals surface area contributed by atoms with Crippen LogP contribution in [0.25, 0.3) is 0 Å². The zero-order chi connectivity index (χ0) is 25.8. The molecule has 0 radical (unpaired) electrons. The summed E-state index contributed by atoms with van der Waals surface area (Å²) in [6.45, 7) is 6.56. The van der Waals surface area contributed by atoms with Gasteiger partial charge in [-0.25, -0.2) is 0 Å². The third-order valence-electron chi connectivity index (χ3n) is 11.0. The predicted octanol–water partition coefficient (Wildman–Crippen LogP) is 2.37. The van der Waals surface area contributed by atoms with Gasteiger partial charge in [0.15, 0.2) is 0 Å². The maximum atomic E-state index is 12.2. The van der Waals surface area contributed by atoms with Crippen molar-refractivity contribution >= 4 is 16.0 Å². The summed E-state index contributed by atoms with van der Waals surface area (Å²) in [7, 11) is -4.10. The van der Waals surface area contributed by atoms with Crippen molar-refractivity contribution in [3.8, 4) is 0 Å². The molecule has 4 fully saturated rings. The summed E-state index contributed by atoms with van der Waals surface area (Å²) in [6.07, 6.45) is 5.67. The first-order valence-electron chi connectivity index (χ1n) is 13.5. The number of amides is 1. The fraction of sp³-hybridized carbons (Fsp3) is 0.962. The quantitative estimate of drug-likeness (QED) is 0.327. The first-order chi connectivity index (χ1) is 16.3. The number of rotatable bonds is 7. The van der Waals surface area contributed by atoms with E-state index in [1.165, 1.54) is 0 Å². The van der Waals surface area contributed by atoms with Crippen LogP contribution in [0.1, 0.15) is 78.6 Å². The topological polar surface area (TPSA) is 144 Å². The molecule has 8 nitrogen and oxygen atoms in total. The van der Waals surface area contributed by atoms with E-state index in [4.69, 9.17) is 4.55 Å². The number of hydrogen-bond acceptors (Lipinski definition) is 6. The van der Waals surface area contributed by atoms with E-state index in [-0.39, 0.29) is 65.4 Å². The van der Waals surface area contributed by atoms with E-state index in [0.717, 1.165) is 38.5 Å². The van der Waals surface area contributed by atoms with Crippen molar-refractivity contribution in [2.75, 3.05) is 12.3 Å². The molecule has 9 heteroatoms. The van der Waals surface area contributed by atoms with Gasteiger partial charge in [0.25, 0.3) is 10.1 Å². The van der Waals surface area contributed by atoms with E-state index in [0.29, 0.717) is 18.8 Å². The molecule has 4 aliphatic rings. The molecule has 0 aromatic heterocycles. The Bertz CT molecular complexity index is 896. The third kappa shape index (κ3) is 5.05. The van der Waals surface area contributed by atoms with Crippen molar-refractivity contribution in [3.05, 3.63) is 0 Å². The Labute approximate surface area is 210 Å². The van der Waals surface area contributed by atoms with E-state index < -0.39 is 28.1 Å². The van der Waals surface area contributed by atoms with Crippen molar-refractivity contribution < 1.29 is 33.1 Å². The number of nitrogens with one attached hydrogen (secondary N) is 1. The Morgan fingerprint density at radius 3 is 2.46 bits per heavy atom. The summed E-state index contributed by atoms with van der Waals surface area (Å²) in [5.74, 6) is 0.705. The molecule has 0 aromatic carbocycles. The largest absolute Gasteiger partial charge is 0.393 e. The first-order valence-corrected chi connectivity index (χ1v) is 15.1. The Balaban J connectivity index is 1.43. The average molecular weight is 516 g/mol. The summed E-state index contributed by atoms with van der Waals surface area (Å²) >= 11 is 0. The van der Waals surface area contributed by atoms with Gasteiger partial charge < -0.3 is 20.6 Å². The minimum absolute atomic E-state index is 0.0509. The second-order valence-electron chi connectivity index (χ2n) is 12.7. The Morgan fingerprint density at radius 2 is 1.77 bits per heavy atom. The van der Waals surface area contributed by atoms with Crippen LogP contribution in [0.3, 0.4) is 0 Å². The Hall–Kier alpha value is -0.740. The molecule has 4 aliphatic carbocycles. The predicted molar refractivity (Wildman–Crippen MR) is 132 cm³/mol. The van der Waals surface area contributed by atoms with Crippen molar-refractivity contribution in [2.24, 2.45) is 46.3 Å². The lowest BCUT2D eigenvalue weighted by Crippen LogP contribution is -2.62. The number of carbonyl (C=O) groups is 1. The lowest BCUT2D eigenvalue weighted by Gasteiger charge is -2.63. The maximum absolute atomic E-state index is 12.2. The highest BCUT2D eigenvalue weighted by Crippen LogP contribution is 2.68. The van der Waals surface area contributed by atoms with Crippen LogP contribution in [-0.2, 0) is 14.9 Å². The Kier molecular flexibility index (Phi) is 7.69. The fourth-order valence-electron chi connectivity index (χ4n) is 9.10. The lowest BCUT2D eigenvalue weighted by molar-refractivity contribution is -0.207. The number of carbonyl (C=O) groups excluding carboxylic acids is 1. The lowest BCUT2D eigenvalue weighted by atomic mass is 9.43. The summed E-state index contributed by atoms with van der Waals surface area (Å²) in [5, 5.41) is 35.8. The van der Waals surface area contributed by atoms with Gasteiger partial charge in [-0.15, -0.1) is 0 Å². The van der Waals surface area contributed by atoms with Crippen molar-refractivity contribution in [1.82, 2.24) is 5.32 Å². The molecule has 0 bridgehead atoms. The molecule has 11 atom stereocenters. The molecule has 4 rings (SSSR count). The first kappa shape index (κ1) is 27.3. The summed E-state index contributed by atoms with van der Waals surface area (Å²) in [6, 6.07) is 0. The highest BCUT2D eigenvalue weighted by atomic mass is 32.2. The maximum Gasteiger partial charge on any atom is 0.266 e. The molecule has 0 unspecified atom stereocenters. The zero-order valence-electron chi connectivity index (χ0n) is 21.4. The summed E-state index contributed by atoms with van der Waals surface area (Å²) < 4.78 is 30.5. The molecule has 4 saturated carbocycles. The highest BCUT2D eigenvalue weighted by molar-refractivity contribution is 7.85. The van der Waals surface area contributed by atoms with Gasteiger partial charge in [-0.3, -0.25) is 9.35 Å². The molecular weight excluding hydrogens is 470 g/mol. The van der Waals surface area contributed by atoms with Crippen LogP contribution in [0, 0.1) is 46.3 Å². The second kappa shape index (κ2) is 9.86. The highest BCUT2D eigenvalue weighted by Gasteiger charge is 2.65. The van der Waals surface area contributed by atoms with E-state index in [2.05, 4.69) is 26.1 Å².